The fraction of sp³-hybridized carbons (Fsp3) is 0.231. The Hall–Kier alpha value is -4.10. The summed E-state index contributed by atoms with van der Waals surface area (Å²) < 4.78 is 63.3. The number of hydrogen-bond donors (Lipinski definition) is 3. The molecule has 4 aromatic rings. The molecular weight excluding hydrogens is 540 g/mol. The third-order valence-electron chi connectivity index (χ3n) is 6.64. The molecule has 0 radical (unpaired) electrons. The molecule has 1 aromatic carbocycles. The standard InChI is InChI=1S/C26H20F4N4O4S/c1-24(23(31)36)12-38-21-15(24)9-19(34-20(21)13-4-6-14(27)7-5-13)25(37,26(28,29)30)11-33-22(35)18-10-16-17(39-18)3-2-8-32-16/h2-10,37H,11-12H2,1H3,(H2,31,36)(H,33,35)/t24-,25?/m0/s1. The number of carbonyl (C=O) groups excluding carboxylic acids is 2. The molecule has 202 valence electrons. The number of benzene rings is 1. The van der Waals surface area contributed by atoms with Gasteiger partial charge in [-0.25, -0.2) is 9.37 Å². The van der Waals surface area contributed by atoms with Gasteiger partial charge in [0.15, 0.2) is 0 Å². The number of amides is 2. The zero-order valence-electron chi connectivity index (χ0n) is 20.2. The molecule has 4 heterocycles. The predicted octanol–water partition coefficient (Wildman–Crippen LogP) is 3.81. The lowest BCUT2D eigenvalue weighted by Crippen LogP contribution is -2.51. The van der Waals surface area contributed by atoms with Crippen molar-refractivity contribution in [2.24, 2.45) is 5.73 Å². The molecule has 8 nitrogen and oxygen atoms in total. The molecule has 1 aliphatic rings. The third kappa shape index (κ3) is 4.46. The molecule has 0 bridgehead atoms. The highest BCUT2D eigenvalue weighted by molar-refractivity contribution is 7.20. The molecule has 5 rings (SSSR count). The van der Waals surface area contributed by atoms with Gasteiger partial charge in [-0.05, 0) is 55.5 Å². The Morgan fingerprint density at radius 3 is 2.56 bits per heavy atom. The van der Waals surface area contributed by atoms with Crippen LogP contribution >= 0.6 is 11.3 Å². The van der Waals surface area contributed by atoms with Gasteiger partial charge in [0, 0.05) is 17.3 Å². The average Bonchev–Trinajstić information content (AvgIpc) is 3.49. The van der Waals surface area contributed by atoms with Crippen LogP contribution in [-0.4, -0.2) is 46.2 Å². The number of ether oxygens (including phenoxy) is 1. The van der Waals surface area contributed by atoms with Crippen molar-refractivity contribution in [3.63, 3.8) is 0 Å². The van der Waals surface area contributed by atoms with Gasteiger partial charge in [-0.3, -0.25) is 14.6 Å². The molecule has 0 aliphatic carbocycles. The monoisotopic (exact) mass is 560 g/mol. The minimum absolute atomic E-state index is 0.0157. The van der Waals surface area contributed by atoms with E-state index < -0.39 is 47.1 Å². The Bertz CT molecular complexity index is 1580. The number of nitrogens with two attached hydrogens (primary N) is 1. The van der Waals surface area contributed by atoms with Crippen molar-refractivity contribution in [1.82, 2.24) is 15.3 Å². The van der Waals surface area contributed by atoms with Crippen LogP contribution in [0, 0.1) is 5.82 Å². The van der Waals surface area contributed by atoms with Gasteiger partial charge in [0.25, 0.3) is 5.91 Å². The van der Waals surface area contributed by atoms with Crippen LogP contribution < -0.4 is 15.8 Å². The van der Waals surface area contributed by atoms with Crippen LogP contribution in [-0.2, 0) is 15.8 Å². The first-order chi connectivity index (χ1) is 18.3. The number of alkyl halides is 3. The number of carbonyl (C=O) groups is 2. The van der Waals surface area contributed by atoms with E-state index in [-0.39, 0.29) is 34.1 Å². The van der Waals surface area contributed by atoms with Crippen LogP contribution in [0.1, 0.15) is 27.9 Å². The molecule has 4 N–H and O–H groups in total. The summed E-state index contributed by atoms with van der Waals surface area (Å²) in [4.78, 5) is 33.3. The topological polar surface area (TPSA) is 127 Å². The summed E-state index contributed by atoms with van der Waals surface area (Å²) >= 11 is 1.03. The molecule has 1 aliphatic heterocycles. The van der Waals surface area contributed by atoms with Crippen LogP contribution in [0.15, 0.2) is 54.7 Å². The second-order valence-corrected chi connectivity index (χ2v) is 10.3. The second-order valence-electron chi connectivity index (χ2n) is 9.26. The molecule has 2 amide bonds. The van der Waals surface area contributed by atoms with Crippen molar-refractivity contribution >= 4 is 33.4 Å². The van der Waals surface area contributed by atoms with Crippen molar-refractivity contribution in [2.75, 3.05) is 13.2 Å². The molecule has 0 fully saturated rings. The number of aromatic nitrogens is 2. The lowest BCUT2D eigenvalue weighted by molar-refractivity contribution is -0.265. The van der Waals surface area contributed by atoms with E-state index in [1.54, 1.807) is 12.1 Å². The number of fused-ring (bicyclic) bond motifs is 2. The minimum Gasteiger partial charge on any atom is -0.489 e. The van der Waals surface area contributed by atoms with Gasteiger partial charge in [0.2, 0.25) is 11.5 Å². The number of rotatable bonds is 6. The number of nitrogens with one attached hydrogen (secondary N) is 1. The fourth-order valence-electron chi connectivity index (χ4n) is 4.22. The van der Waals surface area contributed by atoms with Gasteiger partial charge in [-0.2, -0.15) is 13.2 Å². The van der Waals surface area contributed by atoms with Gasteiger partial charge in [0.1, 0.15) is 29.3 Å². The number of hydrogen-bond acceptors (Lipinski definition) is 7. The number of aliphatic hydroxyl groups is 1. The molecule has 39 heavy (non-hydrogen) atoms. The van der Waals surface area contributed by atoms with Gasteiger partial charge >= 0.3 is 6.18 Å². The molecule has 3 aromatic heterocycles. The molecule has 0 spiro atoms. The van der Waals surface area contributed by atoms with Crippen molar-refractivity contribution in [2.45, 2.75) is 24.1 Å². The molecular formula is C26H20F4N4O4S. The summed E-state index contributed by atoms with van der Waals surface area (Å²) in [5, 5.41) is 13.2. The van der Waals surface area contributed by atoms with E-state index in [1.807, 2.05) is 0 Å². The maximum Gasteiger partial charge on any atom is 0.424 e. The number of primary amides is 1. The Balaban J connectivity index is 1.59. The van der Waals surface area contributed by atoms with Crippen LogP contribution in [0.4, 0.5) is 17.6 Å². The van der Waals surface area contributed by atoms with Crippen LogP contribution in [0.2, 0.25) is 0 Å². The zero-order chi connectivity index (χ0) is 28.2. The number of pyridine rings is 2. The van der Waals surface area contributed by atoms with Gasteiger partial charge in [0.05, 0.1) is 27.3 Å². The predicted molar refractivity (Wildman–Crippen MR) is 134 cm³/mol. The first-order valence-corrected chi connectivity index (χ1v) is 12.3. The van der Waals surface area contributed by atoms with E-state index in [4.69, 9.17) is 10.5 Å². The summed E-state index contributed by atoms with van der Waals surface area (Å²) in [6, 6.07) is 10.4. The average molecular weight is 561 g/mol. The van der Waals surface area contributed by atoms with Crippen molar-refractivity contribution in [3.05, 3.63) is 76.7 Å². The largest absolute Gasteiger partial charge is 0.489 e. The van der Waals surface area contributed by atoms with Crippen LogP contribution in [0.25, 0.3) is 21.5 Å². The first-order valence-electron chi connectivity index (χ1n) is 11.5. The van der Waals surface area contributed by atoms with E-state index in [1.165, 1.54) is 31.3 Å². The van der Waals surface area contributed by atoms with E-state index >= 15 is 0 Å². The van der Waals surface area contributed by atoms with E-state index in [9.17, 15) is 32.3 Å². The van der Waals surface area contributed by atoms with Crippen molar-refractivity contribution < 1.29 is 37.0 Å². The first kappa shape index (κ1) is 26.5. The molecule has 2 atom stereocenters. The summed E-state index contributed by atoms with van der Waals surface area (Å²) in [6.45, 7) is -0.179. The lowest BCUT2D eigenvalue weighted by atomic mass is 9.81. The lowest BCUT2D eigenvalue weighted by Gasteiger charge is -2.31. The SMILES string of the molecule is C[C@]1(C(N)=O)COc2c1cc(C(O)(CNC(=O)c1cc3ncccc3s1)C(F)(F)F)nc2-c1ccc(F)cc1. The Morgan fingerprint density at radius 1 is 1.21 bits per heavy atom. The maximum absolute atomic E-state index is 14.5. The van der Waals surface area contributed by atoms with E-state index in [0.29, 0.717) is 10.2 Å². The summed E-state index contributed by atoms with van der Waals surface area (Å²) in [5.74, 6) is -2.34. The van der Waals surface area contributed by atoms with Gasteiger partial charge < -0.3 is 20.9 Å². The summed E-state index contributed by atoms with van der Waals surface area (Å²) in [5.41, 5.74) is -0.0663. The van der Waals surface area contributed by atoms with Crippen LogP contribution in [0.5, 0.6) is 5.75 Å². The zero-order valence-corrected chi connectivity index (χ0v) is 21.0. The van der Waals surface area contributed by atoms with Gasteiger partial charge in [-0.15, -0.1) is 11.3 Å². The highest BCUT2D eigenvalue weighted by Gasteiger charge is 2.57. The Labute approximate surface area is 222 Å². The maximum atomic E-state index is 14.5. The fourth-order valence-corrected chi connectivity index (χ4v) is 5.15. The summed E-state index contributed by atoms with van der Waals surface area (Å²) in [6.07, 6.45) is -3.80. The van der Waals surface area contributed by atoms with Crippen molar-refractivity contribution in [1.29, 1.82) is 0 Å². The summed E-state index contributed by atoms with van der Waals surface area (Å²) in [7, 11) is 0. The van der Waals surface area contributed by atoms with Gasteiger partial charge in [-0.1, -0.05) is 0 Å². The number of thiophene rings is 1. The Morgan fingerprint density at radius 2 is 1.92 bits per heavy atom. The Kier molecular flexibility index (Phi) is 6.30. The molecule has 0 saturated heterocycles. The second kappa shape index (κ2) is 9.27. The van der Waals surface area contributed by atoms with E-state index in [2.05, 4.69) is 15.3 Å². The molecule has 1 unspecified atom stereocenters. The number of halogens is 4. The highest BCUT2D eigenvalue weighted by atomic mass is 32.1. The van der Waals surface area contributed by atoms with E-state index in [0.717, 1.165) is 29.5 Å². The number of nitrogens with zero attached hydrogens (tertiary/aromatic N) is 2. The normalized spacial score (nSPS) is 18.3. The minimum atomic E-state index is -5.31. The van der Waals surface area contributed by atoms with Crippen LogP contribution in [0.3, 0.4) is 0 Å². The quantitative estimate of drug-likeness (QED) is 0.308. The highest BCUT2D eigenvalue weighted by Crippen LogP contribution is 2.47. The molecule has 0 saturated carbocycles. The third-order valence-corrected chi connectivity index (χ3v) is 7.73. The van der Waals surface area contributed by atoms with Crippen molar-refractivity contribution in [3.8, 4) is 17.0 Å². The molecule has 13 heteroatoms. The smallest absolute Gasteiger partial charge is 0.424 e.